The molecule has 1 amide bonds. The Morgan fingerprint density at radius 3 is 2.82 bits per heavy atom. The molecule has 0 saturated carbocycles. The minimum absolute atomic E-state index is 0.132. The number of aryl methyl sites for hydroxylation is 1. The van der Waals surface area contributed by atoms with E-state index in [9.17, 15) is 14.0 Å². The predicted molar refractivity (Wildman–Crippen MR) is 128 cm³/mol. The Kier molecular flexibility index (Phi) is 6.79. The first-order chi connectivity index (χ1) is 15.8. The molecule has 6 nitrogen and oxygen atoms in total. The minimum Gasteiger partial charge on any atom is -0.335 e. The van der Waals surface area contributed by atoms with E-state index in [1.54, 1.807) is 18.0 Å². The maximum Gasteiger partial charge on any atom is 0.255 e. The van der Waals surface area contributed by atoms with E-state index in [0.717, 1.165) is 54.8 Å². The summed E-state index contributed by atoms with van der Waals surface area (Å²) in [6.07, 6.45) is 5.49. The molecule has 0 bridgehead atoms. The number of hydrogen-bond donors (Lipinski definition) is 0. The van der Waals surface area contributed by atoms with Gasteiger partial charge < -0.3 is 14.7 Å². The number of aldehydes is 1. The van der Waals surface area contributed by atoms with Gasteiger partial charge in [0, 0.05) is 37.1 Å². The van der Waals surface area contributed by atoms with Crippen molar-refractivity contribution in [2.75, 3.05) is 38.1 Å². The maximum absolute atomic E-state index is 14.5. The molecule has 3 heterocycles. The molecule has 176 valence electrons. The molecule has 4 rings (SSSR count). The molecule has 0 aliphatic carbocycles. The first-order valence-corrected chi connectivity index (χ1v) is 11.8. The van der Waals surface area contributed by atoms with Gasteiger partial charge >= 0.3 is 0 Å². The van der Waals surface area contributed by atoms with Crippen molar-refractivity contribution in [3.05, 3.63) is 52.7 Å². The molecule has 1 saturated heterocycles. The molecule has 2 aliphatic rings. The lowest BCUT2D eigenvalue weighted by atomic mass is 9.96. The summed E-state index contributed by atoms with van der Waals surface area (Å²) in [4.78, 5) is 35.2. The lowest BCUT2D eigenvalue weighted by Gasteiger charge is -2.35. The van der Waals surface area contributed by atoms with Crippen LogP contribution in [0, 0.1) is 0 Å². The summed E-state index contributed by atoms with van der Waals surface area (Å²) in [5.41, 5.74) is 2.91. The monoisotopic (exact) mass is 452 g/mol. The lowest BCUT2D eigenvalue weighted by Crippen LogP contribution is -2.46. The lowest BCUT2D eigenvalue weighted by molar-refractivity contribution is 0.0417. The minimum atomic E-state index is -1.33. The highest BCUT2D eigenvalue weighted by Crippen LogP contribution is 2.34. The molecule has 2 aromatic rings. The molecule has 1 aromatic carbocycles. The number of amides is 1. The average molecular weight is 453 g/mol. The Morgan fingerprint density at radius 2 is 2.09 bits per heavy atom. The third kappa shape index (κ3) is 5.08. The number of piperidine rings is 1. The number of carbonyl (C=O) groups excluding carboxylic acids is 2. The van der Waals surface area contributed by atoms with Crippen molar-refractivity contribution in [3.8, 4) is 0 Å². The largest absolute Gasteiger partial charge is 0.335 e. The zero-order chi connectivity index (χ0) is 23.6. The Morgan fingerprint density at radius 1 is 1.27 bits per heavy atom. The fraction of sp³-hybridized carbons (Fsp3) is 0.500. The molecule has 1 fully saturated rings. The highest BCUT2D eigenvalue weighted by molar-refractivity contribution is 5.94. The first-order valence-electron chi connectivity index (χ1n) is 11.8. The summed E-state index contributed by atoms with van der Waals surface area (Å²) in [7, 11) is 2.03. The fourth-order valence-corrected chi connectivity index (χ4v) is 4.80. The molecule has 0 radical (unpaired) electrons. The van der Waals surface area contributed by atoms with E-state index < -0.39 is 5.67 Å². The van der Waals surface area contributed by atoms with E-state index in [1.165, 1.54) is 0 Å². The van der Waals surface area contributed by atoms with Gasteiger partial charge in [-0.25, -0.2) is 9.37 Å². The van der Waals surface area contributed by atoms with Crippen LogP contribution < -0.4 is 4.90 Å². The third-order valence-electron chi connectivity index (χ3n) is 6.75. The van der Waals surface area contributed by atoms with Crippen LogP contribution in [0.15, 0.2) is 30.5 Å². The molecule has 2 aliphatic heterocycles. The summed E-state index contributed by atoms with van der Waals surface area (Å²) in [5.74, 6) is 0.701. The molecule has 1 aromatic heterocycles. The number of anilines is 2. The van der Waals surface area contributed by atoms with Crippen LogP contribution in [0.5, 0.6) is 0 Å². The fourth-order valence-electron chi connectivity index (χ4n) is 4.80. The topological polar surface area (TPSA) is 56.8 Å². The van der Waals surface area contributed by atoms with Crippen LogP contribution in [-0.4, -0.2) is 65.9 Å². The number of carbonyl (C=O) groups is 2. The van der Waals surface area contributed by atoms with Crippen LogP contribution in [0.3, 0.4) is 0 Å². The number of likely N-dealkylation sites (tertiary alicyclic amines) is 1. The van der Waals surface area contributed by atoms with Crippen LogP contribution in [0.1, 0.15) is 65.0 Å². The molecule has 0 spiro atoms. The van der Waals surface area contributed by atoms with Crippen molar-refractivity contribution >= 4 is 23.7 Å². The molecule has 7 heteroatoms. The van der Waals surface area contributed by atoms with E-state index in [-0.39, 0.29) is 12.5 Å². The van der Waals surface area contributed by atoms with E-state index in [1.807, 2.05) is 25.2 Å². The Labute approximate surface area is 195 Å². The Hall–Kier alpha value is -2.80. The van der Waals surface area contributed by atoms with E-state index >= 15 is 0 Å². The number of alkyl halides is 1. The summed E-state index contributed by atoms with van der Waals surface area (Å²) in [6, 6.07) is 7.83. The summed E-state index contributed by atoms with van der Waals surface area (Å²) in [6.45, 7) is 6.79. The van der Waals surface area contributed by atoms with Gasteiger partial charge in [0.05, 0.1) is 12.1 Å². The summed E-state index contributed by atoms with van der Waals surface area (Å²) in [5, 5.41) is 0. The van der Waals surface area contributed by atoms with Gasteiger partial charge in [0.15, 0.2) is 0 Å². The number of pyridine rings is 1. The van der Waals surface area contributed by atoms with Crippen molar-refractivity contribution < 1.29 is 14.0 Å². The number of nitrogens with zero attached hydrogens (tertiary/aromatic N) is 4. The van der Waals surface area contributed by atoms with Gasteiger partial charge in [-0.3, -0.25) is 9.59 Å². The van der Waals surface area contributed by atoms with E-state index in [4.69, 9.17) is 0 Å². The van der Waals surface area contributed by atoms with Crippen LogP contribution in [-0.2, 0) is 13.0 Å². The second-order valence-electron chi connectivity index (χ2n) is 9.54. The second kappa shape index (κ2) is 9.59. The first kappa shape index (κ1) is 23.4. The normalized spacial score (nSPS) is 20.6. The van der Waals surface area contributed by atoms with Crippen LogP contribution in [0.4, 0.5) is 15.9 Å². The molecular formula is C26H33FN4O2. The zero-order valence-electron chi connectivity index (χ0n) is 19.8. The maximum atomic E-state index is 14.5. The number of fused-ring (bicyclic) bond motifs is 1. The van der Waals surface area contributed by atoms with Gasteiger partial charge in [-0.1, -0.05) is 6.92 Å². The van der Waals surface area contributed by atoms with Crippen LogP contribution in [0.25, 0.3) is 0 Å². The number of rotatable bonds is 6. The number of aromatic nitrogens is 1. The number of halogens is 1. The number of benzene rings is 1. The van der Waals surface area contributed by atoms with E-state index in [0.29, 0.717) is 37.1 Å². The van der Waals surface area contributed by atoms with Gasteiger partial charge in [0.25, 0.3) is 5.91 Å². The van der Waals surface area contributed by atoms with Crippen LogP contribution in [0.2, 0.25) is 0 Å². The standard InChI is InChI=1S/C26H33FN4O2/c1-4-29(3)16-22-14-23(9-8-20(22)17-32)31-12-5-7-19-13-21(15-28-24(19)31)25(33)30-11-6-10-26(2,27)18-30/h8-9,13-15,17H,4-7,10-12,16,18H2,1-3H3. The van der Waals surface area contributed by atoms with Gasteiger partial charge in [-0.2, -0.15) is 0 Å². The molecule has 1 unspecified atom stereocenters. The van der Waals surface area contributed by atoms with Crippen molar-refractivity contribution in [1.82, 2.24) is 14.8 Å². The number of hydrogen-bond acceptors (Lipinski definition) is 5. The Balaban J connectivity index is 1.61. The van der Waals surface area contributed by atoms with Gasteiger partial charge in [-0.15, -0.1) is 0 Å². The van der Waals surface area contributed by atoms with Crippen LogP contribution >= 0.6 is 0 Å². The third-order valence-corrected chi connectivity index (χ3v) is 6.75. The summed E-state index contributed by atoms with van der Waals surface area (Å²) >= 11 is 0. The average Bonchev–Trinajstić information content (AvgIpc) is 2.82. The molecular weight excluding hydrogens is 419 g/mol. The molecule has 1 atom stereocenters. The SMILES string of the molecule is CCN(C)Cc1cc(N2CCCc3cc(C(=O)N4CCCC(C)(F)C4)cnc32)ccc1C=O. The molecule has 0 N–H and O–H groups in total. The highest BCUT2D eigenvalue weighted by atomic mass is 19.1. The zero-order valence-corrected chi connectivity index (χ0v) is 19.8. The molecule has 33 heavy (non-hydrogen) atoms. The van der Waals surface area contributed by atoms with Gasteiger partial charge in [0.2, 0.25) is 0 Å². The quantitative estimate of drug-likeness (QED) is 0.609. The van der Waals surface area contributed by atoms with Crippen molar-refractivity contribution in [3.63, 3.8) is 0 Å². The second-order valence-corrected chi connectivity index (χ2v) is 9.54. The van der Waals surface area contributed by atoms with Gasteiger partial charge in [0.1, 0.15) is 17.8 Å². The van der Waals surface area contributed by atoms with Gasteiger partial charge in [-0.05, 0) is 81.6 Å². The summed E-state index contributed by atoms with van der Waals surface area (Å²) < 4.78 is 14.5. The van der Waals surface area contributed by atoms with E-state index in [2.05, 4.69) is 27.8 Å². The highest BCUT2D eigenvalue weighted by Gasteiger charge is 2.33. The predicted octanol–water partition coefficient (Wildman–Crippen LogP) is 4.39. The van der Waals surface area contributed by atoms with Crippen molar-refractivity contribution in [2.24, 2.45) is 0 Å². The Bertz CT molecular complexity index is 1040. The van der Waals surface area contributed by atoms with Crippen molar-refractivity contribution in [1.29, 1.82) is 0 Å². The smallest absolute Gasteiger partial charge is 0.255 e. The van der Waals surface area contributed by atoms with Crippen molar-refractivity contribution in [2.45, 2.75) is 51.7 Å².